The molecule has 0 amide bonds. The Bertz CT molecular complexity index is 555. The third kappa shape index (κ3) is 3.56. The highest BCUT2D eigenvalue weighted by Gasteiger charge is 2.43. The predicted molar refractivity (Wildman–Crippen MR) is 73.6 cm³/mol. The normalized spacial score (nSPS) is 27.5. The van der Waals surface area contributed by atoms with Crippen molar-refractivity contribution >= 4 is 0 Å². The molecule has 21 heavy (non-hydrogen) atoms. The summed E-state index contributed by atoms with van der Waals surface area (Å²) in [6, 6.07) is 7.62. The lowest BCUT2D eigenvalue weighted by atomic mass is 10.0. The minimum atomic E-state index is -0.750. The van der Waals surface area contributed by atoms with Crippen LogP contribution in [0.25, 0.3) is 20.9 Å². The van der Waals surface area contributed by atoms with E-state index in [-0.39, 0.29) is 13.2 Å². The highest BCUT2D eigenvalue weighted by atomic mass is 16.6. The molecule has 110 valence electrons. The first-order chi connectivity index (χ1) is 10.3. The monoisotopic (exact) mass is 290 g/mol. The summed E-state index contributed by atoms with van der Waals surface area (Å²) in [4.78, 5) is 5.46. The van der Waals surface area contributed by atoms with Gasteiger partial charge < -0.3 is 14.6 Å². The largest absolute Gasteiger partial charge is 0.491 e. The third-order valence-electron chi connectivity index (χ3n) is 3.17. The van der Waals surface area contributed by atoms with Gasteiger partial charge in [-0.3, -0.25) is 0 Å². The Hall–Kier alpha value is -2.44. The van der Waals surface area contributed by atoms with Crippen molar-refractivity contribution in [2.24, 2.45) is 10.2 Å². The van der Waals surface area contributed by atoms with Gasteiger partial charge in [-0.25, -0.2) is 0 Å². The second-order valence-electron chi connectivity index (χ2n) is 4.41. The molecule has 1 N–H and O–H groups in total. The van der Waals surface area contributed by atoms with Crippen molar-refractivity contribution in [2.75, 3.05) is 13.2 Å². The zero-order valence-corrected chi connectivity index (χ0v) is 11.1. The van der Waals surface area contributed by atoms with Gasteiger partial charge in [0.1, 0.15) is 18.5 Å². The Balaban J connectivity index is 2.10. The van der Waals surface area contributed by atoms with E-state index >= 15 is 0 Å². The van der Waals surface area contributed by atoms with Gasteiger partial charge in [0.05, 0.1) is 24.8 Å². The van der Waals surface area contributed by atoms with E-state index < -0.39 is 24.3 Å². The zero-order valence-electron chi connectivity index (χ0n) is 11.1. The summed E-state index contributed by atoms with van der Waals surface area (Å²) in [5.74, 6) is 0.647. The van der Waals surface area contributed by atoms with Crippen molar-refractivity contribution in [2.45, 2.75) is 24.3 Å². The number of ether oxygens (including phenoxy) is 2. The molecule has 4 atom stereocenters. The van der Waals surface area contributed by atoms with Crippen LogP contribution in [0.4, 0.5) is 0 Å². The summed E-state index contributed by atoms with van der Waals surface area (Å²) < 4.78 is 11.1. The number of nitrogens with zero attached hydrogens (tertiary/aromatic N) is 6. The first kappa shape index (κ1) is 15.0. The van der Waals surface area contributed by atoms with Crippen molar-refractivity contribution in [3.8, 4) is 5.75 Å². The number of hydrogen-bond donors (Lipinski definition) is 1. The first-order valence-electron chi connectivity index (χ1n) is 6.32. The number of hydrogen-bond acceptors (Lipinski definition) is 5. The number of aliphatic hydroxyl groups excluding tert-OH is 1. The number of rotatable bonds is 6. The van der Waals surface area contributed by atoms with E-state index in [1.807, 2.05) is 18.2 Å². The molecule has 0 spiro atoms. The summed E-state index contributed by atoms with van der Waals surface area (Å²) >= 11 is 0. The minimum Gasteiger partial charge on any atom is -0.491 e. The molecule has 0 aromatic heterocycles. The molecular formula is C12H14N6O3. The summed E-state index contributed by atoms with van der Waals surface area (Å²) in [6.45, 7) is -0.204. The average molecular weight is 290 g/mol. The van der Waals surface area contributed by atoms with Crippen LogP contribution in [0.1, 0.15) is 0 Å². The molecule has 9 nitrogen and oxygen atoms in total. The predicted octanol–water partition coefficient (Wildman–Crippen LogP) is 2.18. The van der Waals surface area contributed by atoms with Crippen LogP contribution in [0, 0.1) is 0 Å². The molecule has 0 aliphatic carbocycles. The quantitative estimate of drug-likeness (QED) is 0.488. The van der Waals surface area contributed by atoms with Gasteiger partial charge in [-0.15, -0.1) is 0 Å². The molecule has 1 aromatic carbocycles. The molecule has 1 heterocycles. The van der Waals surface area contributed by atoms with Crippen molar-refractivity contribution < 1.29 is 14.6 Å². The van der Waals surface area contributed by atoms with E-state index in [4.69, 9.17) is 20.5 Å². The summed E-state index contributed by atoms with van der Waals surface area (Å²) in [5, 5.41) is 16.4. The summed E-state index contributed by atoms with van der Waals surface area (Å²) in [5.41, 5.74) is 17.2. The molecule has 1 aliphatic heterocycles. The van der Waals surface area contributed by atoms with E-state index in [9.17, 15) is 5.11 Å². The fraction of sp³-hybridized carbons (Fsp3) is 0.500. The van der Waals surface area contributed by atoms with Crippen LogP contribution < -0.4 is 4.74 Å². The van der Waals surface area contributed by atoms with Crippen LogP contribution in [-0.4, -0.2) is 42.6 Å². The topological polar surface area (TPSA) is 136 Å². The molecule has 1 aliphatic rings. The Kier molecular flexibility index (Phi) is 5.25. The second kappa shape index (κ2) is 7.37. The van der Waals surface area contributed by atoms with Gasteiger partial charge in [0.2, 0.25) is 0 Å². The standard InChI is InChI=1S/C12H14N6O3/c13-17-15-11-9(6-19)21-10(12(11)16-18-14)7-20-8-4-2-1-3-5-8/h1-5,9-12,19H,6-7H2/t9-,10+,11-,12-/m0/s1. The maximum Gasteiger partial charge on any atom is 0.119 e. The van der Waals surface area contributed by atoms with E-state index in [0.29, 0.717) is 5.75 Å². The molecule has 9 heteroatoms. The fourth-order valence-electron chi connectivity index (χ4n) is 2.21. The number of azide groups is 2. The van der Waals surface area contributed by atoms with Gasteiger partial charge in [0.25, 0.3) is 0 Å². The molecule has 1 fully saturated rings. The average Bonchev–Trinajstić information content (AvgIpc) is 2.85. The second-order valence-corrected chi connectivity index (χ2v) is 4.41. The Morgan fingerprint density at radius 1 is 1.10 bits per heavy atom. The lowest BCUT2D eigenvalue weighted by Crippen LogP contribution is -2.32. The van der Waals surface area contributed by atoms with Crippen LogP contribution in [0.15, 0.2) is 40.6 Å². The van der Waals surface area contributed by atoms with Crippen molar-refractivity contribution in [3.05, 3.63) is 51.2 Å². The smallest absolute Gasteiger partial charge is 0.119 e. The lowest BCUT2D eigenvalue weighted by molar-refractivity contribution is -0.0121. The Labute approximate surface area is 120 Å². The lowest BCUT2D eigenvalue weighted by Gasteiger charge is -2.16. The minimum absolute atomic E-state index is 0.127. The van der Waals surface area contributed by atoms with Crippen LogP contribution in [0.2, 0.25) is 0 Å². The van der Waals surface area contributed by atoms with E-state index in [1.54, 1.807) is 12.1 Å². The molecule has 0 radical (unpaired) electrons. The molecular weight excluding hydrogens is 276 g/mol. The van der Waals surface area contributed by atoms with Crippen LogP contribution in [-0.2, 0) is 4.74 Å². The fourth-order valence-corrected chi connectivity index (χ4v) is 2.21. The van der Waals surface area contributed by atoms with Gasteiger partial charge in [0.15, 0.2) is 0 Å². The maximum atomic E-state index is 9.27. The van der Waals surface area contributed by atoms with Gasteiger partial charge in [-0.1, -0.05) is 28.4 Å². The van der Waals surface area contributed by atoms with Gasteiger partial charge in [-0.2, -0.15) is 0 Å². The summed E-state index contributed by atoms with van der Waals surface area (Å²) in [7, 11) is 0. The zero-order chi connectivity index (χ0) is 15.1. The molecule has 0 bridgehead atoms. The Morgan fingerprint density at radius 3 is 2.29 bits per heavy atom. The molecule has 0 saturated carbocycles. The van der Waals surface area contributed by atoms with Crippen molar-refractivity contribution in [1.82, 2.24) is 0 Å². The number of benzene rings is 1. The molecule has 1 saturated heterocycles. The number of para-hydroxylation sites is 1. The third-order valence-corrected chi connectivity index (χ3v) is 3.17. The van der Waals surface area contributed by atoms with E-state index in [2.05, 4.69) is 20.1 Å². The van der Waals surface area contributed by atoms with Gasteiger partial charge >= 0.3 is 0 Å². The SMILES string of the molecule is [N-]=[N+]=N[C@@H]1[C@@H](N=[N+]=[N-])[C@@H](COc2ccccc2)O[C@H]1CO. The number of aliphatic hydroxyl groups is 1. The highest BCUT2D eigenvalue weighted by molar-refractivity contribution is 5.21. The van der Waals surface area contributed by atoms with Crippen LogP contribution >= 0.6 is 0 Å². The molecule has 1 aromatic rings. The maximum absolute atomic E-state index is 9.27. The van der Waals surface area contributed by atoms with Gasteiger partial charge in [0, 0.05) is 9.82 Å². The first-order valence-corrected chi connectivity index (χ1v) is 6.32. The van der Waals surface area contributed by atoms with Crippen LogP contribution in [0.5, 0.6) is 5.75 Å². The van der Waals surface area contributed by atoms with Crippen molar-refractivity contribution in [1.29, 1.82) is 0 Å². The summed E-state index contributed by atoms with van der Waals surface area (Å²) in [6.07, 6.45) is -1.30. The molecule has 0 unspecified atom stereocenters. The molecule has 2 rings (SSSR count). The van der Waals surface area contributed by atoms with Gasteiger partial charge in [-0.05, 0) is 23.2 Å². The van der Waals surface area contributed by atoms with E-state index in [1.165, 1.54) is 0 Å². The Morgan fingerprint density at radius 2 is 1.71 bits per heavy atom. The van der Waals surface area contributed by atoms with Crippen molar-refractivity contribution in [3.63, 3.8) is 0 Å². The highest BCUT2D eigenvalue weighted by Crippen LogP contribution is 2.27. The van der Waals surface area contributed by atoms with E-state index in [0.717, 1.165) is 0 Å². The van der Waals surface area contributed by atoms with Crippen LogP contribution in [0.3, 0.4) is 0 Å².